The number of guanidine groups is 2. The molecule has 5 heterocycles. The van der Waals surface area contributed by atoms with Crippen LogP contribution < -0.4 is 27.4 Å². The zero-order valence-corrected chi connectivity index (χ0v) is 28.7. The predicted octanol–water partition coefficient (Wildman–Crippen LogP) is 1.31. The molecular weight excluding hydrogens is 835 g/mol. The average molecular weight is 861 g/mol. The number of alkyl halides is 1. The largest absolute Gasteiger partial charge is 0.370 e. The Hall–Kier alpha value is -1.83. The molecule has 42 heavy (non-hydrogen) atoms. The number of halogens is 5. The summed E-state index contributed by atoms with van der Waals surface area (Å²) in [6, 6.07) is 3.29. The minimum absolute atomic E-state index is 0.0272. The lowest BCUT2D eigenvalue weighted by Crippen LogP contribution is -2.61. The molecule has 0 radical (unpaired) electrons. The van der Waals surface area contributed by atoms with E-state index in [1.54, 1.807) is 17.0 Å². The van der Waals surface area contributed by atoms with Gasteiger partial charge in [-0.3, -0.25) is 9.59 Å². The Labute approximate surface area is 277 Å². The van der Waals surface area contributed by atoms with Crippen LogP contribution in [0.25, 0.3) is 0 Å². The van der Waals surface area contributed by atoms with Gasteiger partial charge in [0.2, 0.25) is 0 Å². The third-order valence-electron chi connectivity index (χ3n) is 8.46. The Morgan fingerprint density at radius 3 is 2.10 bits per heavy atom. The van der Waals surface area contributed by atoms with Crippen LogP contribution in [-0.2, 0) is 4.74 Å². The molecule has 0 aromatic carbocycles. The molecule has 2 aromatic heterocycles. The number of fused-ring (bicyclic) bond motifs is 3. The topological polar surface area (TPSA) is 211 Å². The molecule has 1 saturated carbocycles. The van der Waals surface area contributed by atoms with E-state index in [1.165, 1.54) is 7.11 Å². The molecule has 0 bridgehead atoms. The first-order chi connectivity index (χ1) is 19.8. The number of nitrogens with one attached hydrogen (secondary N) is 5. The van der Waals surface area contributed by atoms with Crippen LogP contribution in [0.5, 0.6) is 0 Å². The van der Waals surface area contributed by atoms with Crippen LogP contribution in [0.1, 0.15) is 21.0 Å². The molecule has 1 spiro atoms. The molecule has 226 valence electrons. The lowest BCUT2D eigenvalue weighted by atomic mass is 9.77. The smallest absolute Gasteiger partial charge is 0.267 e. The molecule has 2 amide bonds. The number of ether oxygens (including phenoxy) is 1. The number of carbonyl (C=O) groups excluding carboxylic acids is 2. The van der Waals surface area contributed by atoms with E-state index in [0.717, 1.165) is 0 Å². The monoisotopic (exact) mass is 856 g/mol. The van der Waals surface area contributed by atoms with Crippen LogP contribution in [-0.4, -0.2) is 92.9 Å². The van der Waals surface area contributed by atoms with Crippen molar-refractivity contribution in [1.29, 1.82) is 0 Å². The molecule has 10 N–H and O–H groups in total. The molecule has 6 rings (SSSR count). The molecule has 19 heteroatoms. The number of nitrogens with zero attached hydrogens (tertiary/aromatic N) is 3. The number of aliphatic hydroxyl groups is 1. The summed E-state index contributed by atoms with van der Waals surface area (Å²) >= 11 is 20.8. The molecule has 14 nitrogen and oxygen atoms in total. The number of nitrogens with two attached hydrogens (primary N) is 2. The van der Waals surface area contributed by atoms with Gasteiger partial charge in [0.25, 0.3) is 11.8 Å². The van der Waals surface area contributed by atoms with E-state index in [1.807, 2.05) is 0 Å². The van der Waals surface area contributed by atoms with Crippen molar-refractivity contribution in [3.63, 3.8) is 0 Å². The highest BCUT2D eigenvalue weighted by molar-refractivity contribution is 9.13. The van der Waals surface area contributed by atoms with Gasteiger partial charge in [-0.05, 0) is 81.8 Å². The number of aromatic amines is 2. The van der Waals surface area contributed by atoms with Crippen molar-refractivity contribution < 1.29 is 19.4 Å². The van der Waals surface area contributed by atoms with Crippen LogP contribution >= 0.6 is 75.3 Å². The molecule has 0 unspecified atom stereocenters. The van der Waals surface area contributed by atoms with Gasteiger partial charge in [-0.1, -0.05) is 0 Å². The molecule has 2 fully saturated rings. The summed E-state index contributed by atoms with van der Waals surface area (Å²) in [6.07, 6.45) is -1.81. The highest BCUT2D eigenvalue weighted by Crippen LogP contribution is 2.64. The maximum absolute atomic E-state index is 13.2. The van der Waals surface area contributed by atoms with Crippen LogP contribution in [0.3, 0.4) is 0 Å². The zero-order chi connectivity index (χ0) is 30.3. The lowest BCUT2D eigenvalue weighted by Gasteiger charge is -2.40. The predicted molar refractivity (Wildman–Crippen MR) is 168 cm³/mol. The fourth-order valence-corrected chi connectivity index (χ4v) is 8.91. The zero-order valence-electron chi connectivity index (χ0n) is 21.6. The summed E-state index contributed by atoms with van der Waals surface area (Å²) in [6.45, 7) is 0.171. The van der Waals surface area contributed by atoms with Crippen LogP contribution in [0.4, 0.5) is 0 Å². The second-order valence-corrected chi connectivity index (χ2v) is 14.3. The minimum atomic E-state index is -1.73. The van der Waals surface area contributed by atoms with Crippen molar-refractivity contribution in [2.24, 2.45) is 39.2 Å². The van der Waals surface area contributed by atoms with E-state index in [4.69, 9.17) is 27.8 Å². The van der Waals surface area contributed by atoms with Crippen molar-refractivity contribution in [2.45, 2.75) is 29.0 Å². The van der Waals surface area contributed by atoms with Gasteiger partial charge in [0.15, 0.2) is 30.0 Å². The third kappa shape index (κ3) is 4.27. The first-order valence-electron chi connectivity index (χ1n) is 12.6. The number of amides is 2. The molecule has 2 aromatic rings. The third-order valence-corrected chi connectivity index (χ3v) is 12.7. The summed E-state index contributed by atoms with van der Waals surface area (Å²) < 4.78 is 8.42. The second kappa shape index (κ2) is 10.7. The molecule has 1 saturated heterocycles. The number of aliphatic imine (C=N–C) groups is 2. The summed E-state index contributed by atoms with van der Waals surface area (Å²) in [4.78, 5) is 42.9. The van der Waals surface area contributed by atoms with Crippen molar-refractivity contribution in [3.8, 4) is 0 Å². The number of rotatable bonds is 7. The van der Waals surface area contributed by atoms with Gasteiger partial charge in [-0.25, -0.2) is 9.98 Å². The van der Waals surface area contributed by atoms with Crippen molar-refractivity contribution in [3.05, 3.63) is 41.7 Å². The highest BCUT2D eigenvalue weighted by Gasteiger charge is 2.82. The van der Waals surface area contributed by atoms with Gasteiger partial charge in [-0.2, -0.15) is 0 Å². The molecule has 4 aliphatic rings. The maximum atomic E-state index is 13.2. The Morgan fingerprint density at radius 2 is 1.60 bits per heavy atom. The van der Waals surface area contributed by atoms with E-state index in [2.05, 4.69) is 99.6 Å². The minimum Gasteiger partial charge on any atom is -0.370 e. The summed E-state index contributed by atoms with van der Waals surface area (Å²) in [5.41, 5.74) is 10.2. The highest BCUT2D eigenvalue weighted by atomic mass is 79.9. The summed E-state index contributed by atoms with van der Waals surface area (Å²) in [7, 11) is 1.48. The molecule has 8 atom stereocenters. The fourth-order valence-electron chi connectivity index (χ4n) is 6.97. The van der Waals surface area contributed by atoms with Gasteiger partial charge < -0.3 is 52.1 Å². The average Bonchev–Trinajstić information content (AvgIpc) is 3.71. The Bertz CT molecular complexity index is 1500. The quantitative estimate of drug-likeness (QED) is 0.190. The Kier molecular flexibility index (Phi) is 7.67. The Balaban J connectivity index is 1.37. The number of H-pyrrole nitrogens is 2. The fraction of sp³-hybridized carbons (Fsp3) is 0.478. The van der Waals surface area contributed by atoms with Crippen molar-refractivity contribution >= 4 is 99.1 Å². The van der Waals surface area contributed by atoms with Gasteiger partial charge in [0.05, 0.1) is 23.5 Å². The normalized spacial score (nSPS) is 34.4. The molecule has 3 aliphatic heterocycles. The number of methoxy groups -OCH3 is 1. The van der Waals surface area contributed by atoms with Crippen molar-refractivity contribution in [2.75, 3.05) is 20.2 Å². The van der Waals surface area contributed by atoms with Crippen molar-refractivity contribution in [1.82, 2.24) is 30.8 Å². The summed E-state index contributed by atoms with van der Waals surface area (Å²) in [5, 5.41) is 20.3. The SMILES string of the molecule is CO[C@@H]1N=C(N)N2[C@@H]3N=C(N)N[C@]3(O)[C@H]3[C@H](CNC(=O)c4cc(Br)c(Br)[nH]4)[C@@H](CNC(=O)c4cc(Br)c(Br)[nH]4)[C@H](Cl)[C@@]312. The van der Waals surface area contributed by atoms with E-state index in [-0.39, 0.29) is 36.8 Å². The lowest BCUT2D eigenvalue weighted by molar-refractivity contribution is -0.0613. The van der Waals surface area contributed by atoms with Gasteiger partial charge >= 0.3 is 0 Å². The second-order valence-electron chi connectivity index (χ2n) is 10.5. The molecule has 1 aliphatic carbocycles. The number of hydrogen-bond donors (Lipinski definition) is 8. The van der Waals surface area contributed by atoms with Gasteiger partial charge in [0, 0.05) is 32.0 Å². The van der Waals surface area contributed by atoms with E-state index >= 15 is 0 Å². The number of hydrogen-bond acceptors (Lipinski definition) is 10. The Morgan fingerprint density at radius 1 is 1.05 bits per heavy atom. The first kappa shape index (κ1) is 30.2. The van der Waals surface area contributed by atoms with Gasteiger partial charge in [-0.15, -0.1) is 11.6 Å². The van der Waals surface area contributed by atoms with E-state index < -0.39 is 46.8 Å². The van der Waals surface area contributed by atoms with Crippen LogP contribution in [0.15, 0.2) is 40.3 Å². The number of carbonyl (C=O) groups is 2. The van der Waals surface area contributed by atoms with Gasteiger partial charge in [0.1, 0.15) is 16.9 Å². The first-order valence-corrected chi connectivity index (χ1v) is 16.2. The standard InChI is InChI=1S/C23H25Br4ClN10O4/c1-42-19-22-12(23(41)18(35-20(29)37-23)38(22)21(30)36-19)6(4-31-16(39)10-2-8(24)14(26)33-10)7(13(22)28)5-32-17(40)11-3-9(25)15(27)34-11/h2-3,6-7,12-13,18-19,33-34,41H,4-5H2,1H3,(H2,30,36)(H,31,39)(H,32,40)(H3,29,35,37)/t6-,7-,12+,13+,18+,19+,22+,23+/m1/s1. The molecular formula is C23H25Br4ClN10O4. The maximum Gasteiger partial charge on any atom is 0.267 e. The summed E-state index contributed by atoms with van der Waals surface area (Å²) in [5.74, 6) is -2.42. The van der Waals surface area contributed by atoms with E-state index in [0.29, 0.717) is 29.5 Å². The van der Waals surface area contributed by atoms with Crippen LogP contribution in [0.2, 0.25) is 0 Å². The van der Waals surface area contributed by atoms with Crippen LogP contribution in [0, 0.1) is 17.8 Å². The van der Waals surface area contributed by atoms with E-state index in [9.17, 15) is 14.7 Å². The number of aromatic nitrogens is 2.